The molecular formula is C34H42N6O5. The van der Waals surface area contributed by atoms with Crippen LogP contribution in [0.1, 0.15) is 64.8 Å². The highest BCUT2D eigenvalue weighted by Crippen LogP contribution is 2.43. The van der Waals surface area contributed by atoms with Gasteiger partial charge in [0, 0.05) is 69.7 Å². The molecule has 5 aliphatic heterocycles. The van der Waals surface area contributed by atoms with Crippen molar-refractivity contribution in [3.63, 3.8) is 0 Å². The third kappa shape index (κ3) is 5.30. The first-order chi connectivity index (χ1) is 21.6. The summed E-state index contributed by atoms with van der Waals surface area (Å²) in [5.41, 5.74) is 11.2. The second kappa shape index (κ2) is 11.3. The lowest BCUT2D eigenvalue weighted by molar-refractivity contribution is -0.136. The first-order valence-electron chi connectivity index (χ1n) is 16.2. The molecule has 11 heteroatoms. The number of benzene rings is 2. The van der Waals surface area contributed by atoms with Gasteiger partial charge < -0.3 is 25.2 Å². The van der Waals surface area contributed by atoms with Gasteiger partial charge in [-0.15, -0.1) is 0 Å². The van der Waals surface area contributed by atoms with E-state index in [4.69, 9.17) is 10.5 Å². The van der Waals surface area contributed by atoms with Crippen molar-refractivity contribution in [3.05, 3.63) is 47.0 Å². The Morgan fingerprint density at radius 3 is 2.31 bits per heavy atom. The van der Waals surface area contributed by atoms with Gasteiger partial charge in [0.25, 0.3) is 11.8 Å². The number of fused-ring (bicyclic) bond motifs is 1. The Kier molecular flexibility index (Phi) is 7.46. The highest BCUT2D eigenvalue weighted by Gasteiger charge is 2.46. The van der Waals surface area contributed by atoms with E-state index in [1.165, 1.54) is 37.2 Å². The molecule has 4 saturated heterocycles. The number of rotatable bonds is 6. The number of nitrogens with zero attached hydrogens (tertiary/aromatic N) is 4. The molecule has 3 N–H and O–H groups in total. The zero-order valence-corrected chi connectivity index (χ0v) is 26.1. The van der Waals surface area contributed by atoms with Crippen LogP contribution in [0.5, 0.6) is 5.75 Å². The first-order valence-corrected chi connectivity index (χ1v) is 16.2. The van der Waals surface area contributed by atoms with Gasteiger partial charge in [-0.3, -0.25) is 29.4 Å². The van der Waals surface area contributed by atoms with Crippen LogP contribution in [-0.2, 0) is 9.59 Å². The number of imide groups is 2. The number of nitrogens with two attached hydrogens (primary N) is 1. The number of ether oxygens (including phenoxy) is 1. The summed E-state index contributed by atoms with van der Waals surface area (Å²) in [7, 11) is 1.67. The van der Waals surface area contributed by atoms with Gasteiger partial charge in [-0.05, 0) is 80.2 Å². The number of carbonyl (C=O) groups excluding carboxylic acids is 4. The van der Waals surface area contributed by atoms with E-state index in [0.29, 0.717) is 28.1 Å². The number of anilines is 3. The number of hydrogen-bond acceptors (Lipinski definition) is 9. The molecule has 1 unspecified atom stereocenters. The van der Waals surface area contributed by atoms with Gasteiger partial charge in [-0.25, -0.2) is 0 Å². The Morgan fingerprint density at radius 1 is 0.911 bits per heavy atom. The molecule has 11 nitrogen and oxygen atoms in total. The van der Waals surface area contributed by atoms with Crippen molar-refractivity contribution in [1.82, 2.24) is 15.1 Å². The van der Waals surface area contributed by atoms with Crippen LogP contribution in [0.15, 0.2) is 30.3 Å². The Morgan fingerprint density at radius 2 is 1.62 bits per heavy atom. The molecule has 5 heterocycles. The third-order valence-electron chi connectivity index (χ3n) is 10.8. The number of nitrogen functional groups attached to an aromatic ring is 1. The lowest BCUT2D eigenvalue weighted by Crippen LogP contribution is -2.61. The van der Waals surface area contributed by atoms with E-state index in [1.807, 2.05) is 12.1 Å². The van der Waals surface area contributed by atoms with Gasteiger partial charge >= 0.3 is 0 Å². The van der Waals surface area contributed by atoms with Crippen LogP contribution in [0.3, 0.4) is 0 Å². The van der Waals surface area contributed by atoms with E-state index < -0.39 is 23.8 Å². The van der Waals surface area contributed by atoms with E-state index in [9.17, 15) is 19.2 Å². The minimum Gasteiger partial charge on any atom is -0.495 e. The van der Waals surface area contributed by atoms with Crippen molar-refractivity contribution in [2.75, 3.05) is 68.5 Å². The topological polar surface area (TPSA) is 129 Å². The largest absolute Gasteiger partial charge is 0.495 e. The number of hydrogen-bond donors (Lipinski definition) is 2. The van der Waals surface area contributed by atoms with Gasteiger partial charge in [-0.1, -0.05) is 0 Å². The predicted molar refractivity (Wildman–Crippen MR) is 171 cm³/mol. The van der Waals surface area contributed by atoms with E-state index in [2.05, 4.69) is 33.0 Å². The van der Waals surface area contributed by atoms with Gasteiger partial charge in [0.2, 0.25) is 11.8 Å². The van der Waals surface area contributed by atoms with E-state index in [1.54, 1.807) is 19.2 Å². The molecule has 7 rings (SSSR count). The predicted octanol–water partition coefficient (Wildman–Crippen LogP) is 2.81. The monoisotopic (exact) mass is 614 g/mol. The minimum absolute atomic E-state index is 0.112. The molecular weight excluding hydrogens is 572 g/mol. The molecule has 0 bridgehead atoms. The summed E-state index contributed by atoms with van der Waals surface area (Å²) in [6.07, 6.45) is 4.85. The normalized spacial score (nSPS) is 23.8. The summed E-state index contributed by atoms with van der Waals surface area (Å²) in [6, 6.07) is 8.56. The summed E-state index contributed by atoms with van der Waals surface area (Å²) in [6.45, 7) is 9.52. The standard InChI is InChI=1S/C34H42N6O5/c1-21-15-26(35)29(45-2)17-28(21)39-13-9-34(10-14-39)19-37(20-34)18-22-7-11-38(12-8-22)23-3-4-24-25(16-23)33(44)40(32(24)43)27-5-6-30(41)36-31(27)42/h3-4,15-17,22,27H,5-14,18-20,35H2,1-2H3,(H,36,41,42). The SMILES string of the molecule is COc1cc(N2CCC3(CC2)CN(CC2CCN(c4ccc5c(c4)C(=O)N(C4CCC(=O)NC4=O)C5=O)CC2)C3)c(C)cc1N. The van der Waals surface area contributed by atoms with Crippen LogP contribution in [0.2, 0.25) is 0 Å². The summed E-state index contributed by atoms with van der Waals surface area (Å²) < 4.78 is 5.47. The summed E-state index contributed by atoms with van der Waals surface area (Å²) in [4.78, 5) is 58.7. The Balaban J connectivity index is 0.896. The number of methoxy groups -OCH3 is 1. The number of amides is 4. The van der Waals surface area contributed by atoms with E-state index >= 15 is 0 Å². The number of aryl methyl sites for hydroxylation is 1. The Labute approximate surface area is 263 Å². The lowest BCUT2D eigenvalue weighted by atomic mass is 9.71. The molecule has 0 aliphatic carbocycles. The minimum atomic E-state index is -0.945. The molecule has 1 spiro atoms. The van der Waals surface area contributed by atoms with E-state index in [0.717, 1.165) is 61.9 Å². The molecule has 0 saturated carbocycles. The second-order valence-corrected chi connectivity index (χ2v) is 13.6. The van der Waals surface area contributed by atoms with Crippen LogP contribution < -0.4 is 25.6 Å². The molecule has 0 radical (unpaired) electrons. The molecule has 5 aliphatic rings. The molecule has 4 fully saturated rings. The smallest absolute Gasteiger partial charge is 0.262 e. The maximum atomic E-state index is 13.3. The summed E-state index contributed by atoms with van der Waals surface area (Å²) in [5.74, 6) is -0.497. The van der Waals surface area contributed by atoms with Crippen molar-refractivity contribution in [2.24, 2.45) is 11.3 Å². The average Bonchev–Trinajstić information content (AvgIpc) is 3.26. The molecule has 1 atom stereocenters. The summed E-state index contributed by atoms with van der Waals surface area (Å²) in [5, 5.41) is 2.25. The summed E-state index contributed by atoms with van der Waals surface area (Å²) >= 11 is 0. The molecule has 238 valence electrons. The van der Waals surface area contributed by atoms with Crippen LogP contribution in [0, 0.1) is 18.3 Å². The number of nitrogens with one attached hydrogen (secondary N) is 1. The second-order valence-electron chi connectivity index (χ2n) is 13.6. The maximum Gasteiger partial charge on any atom is 0.262 e. The fraction of sp³-hybridized carbons (Fsp3) is 0.529. The molecule has 2 aromatic carbocycles. The highest BCUT2D eigenvalue weighted by atomic mass is 16.5. The number of carbonyl (C=O) groups is 4. The van der Waals surface area contributed by atoms with E-state index in [-0.39, 0.29) is 18.7 Å². The van der Waals surface area contributed by atoms with Gasteiger partial charge in [0.05, 0.1) is 23.9 Å². The van der Waals surface area contributed by atoms with Gasteiger partial charge in [-0.2, -0.15) is 0 Å². The first kappa shape index (κ1) is 29.6. The van der Waals surface area contributed by atoms with Crippen molar-refractivity contribution >= 4 is 40.7 Å². The van der Waals surface area contributed by atoms with Crippen LogP contribution in [0.4, 0.5) is 17.1 Å². The highest BCUT2D eigenvalue weighted by molar-refractivity contribution is 6.23. The maximum absolute atomic E-state index is 13.3. The molecule has 4 amide bonds. The van der Waals surface area contributed by atoms with Crippen molar-refractivity contribution in [1.29, 1.82) is 0 Å². The van der Waals surface area contributed by atoms with Crippen LogP contribution in [-0.4, -0.2) is 92.4 Å². The Bertz CT molecular complexity index is 1550. The average molecular weight is 615 g/mol. The van der Waals surface area contributed by atoms with Gasteiger partial charge in [0.1, 0.15) is 11.8 Å². The lowest BCUT2D eigenvalue weighted by Gasteiger charge is -2.55. The van der Waals surface area contributed by atoms with Gasteiger partial charge in [0.15, 0.2) is 0 Å². The number of piperidine rings is 3. The zero-order chi connectivity index (χ0) is 31.5. The fourth-order valence-electron chi connectivity index (χ4n) is 8.18. The zero-order valence-electron chi connectivity index (χ0n) is 26.1. The number of likely N-dealkylation sites (tertiary alicyclic amines) is 1. The van der Waals surface area contributed by atoms with Crippen molar-refractivity contribution in [2.45, 2.75) is 51.5 Å². The fourth-order valence-corrected chi connectivity index (χ4v) is 8.18. The third-order valence-corrected chi connectivity index (χ3v) is 10.8. The van der Waals surface area contributed by atoms with Crippen LogP contribution in [0.25, 0.3) is 0 Å². The Hall–Kier alpha value is -4.12. The van der Waals surface area contributed by atoms with Crippen LogP contribution >= 0.6 is 0 Å². The molecule has 0 aromatic heterocycles. The van der Waals surface area contributed by atoms with Crippen molar-refractivity contribution in [3.8, 4) is 5.75 Å². The molecule has 45 heavy (non-hydrogen) atoms. The van der Waals surface area contributed by atoms with Crippen molar-refractivity contribution < 1.29 is 23.9 Å². The quantitative estimate of drug-likeness (QED) is 0.373. The molecule has 2 aromatic rings.